The van der Waals surface area contributed by atoms with E-state index in [1.54, 1.807) is 12.3 Å². The fourth-order valence-electron chi connectivity index (χ4n) is 6.85. The number of piperazine rings is 1. The molecule has 0 aliphatic carbocycles. The molecule has 3 aliphatic heterocycles. The minimum atomic E-state index is -3.92. The number of aromatic nitrogens is 1. The third-order valence-electron chi connectivity index (χ3n) is 9.40. The first-order chi connectivity index (χ1) is 20.2. The maximum Gasteiger partial charge on any atom is 0.210 e. The van der Waals surface area contributed by atoms with E-state index < -0.39 is 21.0 Å². The van der Waals surface area contributed by atoms with Gasteiger partial charge in [0.2, 0.25) is 9.84 Å². The summed E-state index contributed by atoms with van der Waals surface area (Å²) in [6.07, 6.45) is 7.43. The highest BCUT2D eigenvalue weighted by atomic mass is 32.2. The Morgan fingerprint density at radius 3 is 2.07 bits per heavy atom. The highest BCUT2D eigenvalue weighted by molar-refractivity contribution is 7.91. The van der Waals surface area contributed by atoms with Crippen LogP contribution in [0.25, 0.3) is 10.9 Å². The number of sulfone groups is 1. The number of likely N-dealkylation sites (tertiary alicyclic amines) is 1. The summed E-state index contributed by atoms with van der Waals surface area (Å²) in [5, 5.41) is 10.4. The summed E-state index contributed by atoms with van der Waals surface area (Å²) >= 11 is -1.22. The molecule has 1 unspecified atom stereocenters. The first-order valence-electron chi connectivity index (χ1n) is 14.9. The van der Waals surface area contributed by atoms with Crippen molar-refractivity contribution in [2.75, 3.05) is 70.6 Å². The summed E-state index contributed by atoms with van der Waals surface area (Å²) in [7, 11) is -1.72. The molecule has 2 aromatic carbocycles. The van der Waals surface area contributed by atoms with Crippen LogP contribution in [0.1, 0.15) is 25.7 Å². The zero-order valence-electron chi connectivity index (χ0n) is 24.5. The highest BCUT2D eigenvalue weighted by Crippen LogP contribution is 2.39. The molecule has 0 saturated carbocycles. The molecule has 4 heterocycles. The Labute approximate surface area is 252 Å². The van der Waals surface area contributed by atoms with Crippen LogP contribution in [-0.4, -0.2) is 116 Å². The van der Waals surface area contributed by atoms with Gasteiger partial charge in [-0.05, 0) is 93.4 Å². The van der Waals surface area contributed by atoms with Crippen LogP contribution in [0, 0.1) is 0 Å². The second kappa shape index (κ2) is 12.3. The van der Waals surface area contributed by atoms with Crippen LogP contribution in [0.3, 0.4) is 0 Å². The quantitative estimate of drug-likeness (QED) is 0.421. The summed E-state index contributed by atoms with van der Waals surface area (Å²) in [6, 6.07) is 12.2. The number of phenols is 1. The molecule has 0 spiro atoms. The highest BCUT2D eigenvalue weighted by Gasteiger charge is 2.34. The smallest absolute Gasteiger partial charge is 0.210 e. The van der Waals surface area contributed by atoms with E-state index in [1.807, 2.05) is 12.1 Å². The fraction of sp³-hybridized carbons (Fsp3) is 0.516. The second-order valence-electron chi connectivity index (χ2n) is 11.9. The van der Waals surface area contributed by atoms with Crippen molar-refractivity contribution in [1.82, 2.24) is 19.7 Å². The van der Waals surface area contributed by atoms with E-state index in [0.717, 1.165) is 52.1 Å². The molecule has 11 heteroatoms. The Morgan fingerprint density at radius 1 is 0.857 bits per heavy atom. The van der Waals surface area contributed by atoms with Crippen molar-refractivity contribution >= 4 is 37.6 Å². The summed E-state index contributed by atoms with van der Waals surface area (Å²) < 4.78 is 40.3. The van der Waals surface area contributed by atoms with Crippen molar-refractivity contribution < 1.29 is 18.1 Å². The van der Waals surface area contributed by atoms with Crippen molar-refractivity contribution in [3.8, 4) is 5.75 Å². The lowest BCUT2D eigenvalue weighted by molar-refractivity contribution is 0.0495. The molecule has 0 bridgehead atoms. The average Bonchev–Trinajstić information content (AvgIpc) is 3.01. The molecule has 1 N–H and O–H groups in total. The number of pyridine rings is 1. The normalized spacial score (nSPS) is 21.6. The van der Waals surface area contributed by atoms with Gasteiger partial charge in [0.15, 0.2) is 4.90 Å². The SMILES string of the molecule is CN1CCN(C2CCN(C3CCN(c4c(S(=O)(=O)c5ccc(O)cc5)cnc5ccc([S+](C)[O-])cc45)CC3)CC2)CC1. The Kier molecular flexibility index (Phi) is 8.68. The van der Waals surface area contributed by atoms with E-state index in [2.05, 4.69) is 31.6 Å². The molecule has 226 valence electrons. The first kappa shape index (κ1) is 29.7. The van der Waals surface area contributed by atoms with Gasteiger partial charge in [-0.25, -0.2) is 8.42 Å². The van der Waals surface area contributed by atoms with Crippen molar-refractivity contribution in [2.24, 2.45) is 0 Å². The van der Waals surface area contributed by atoms with Crippen molar-refractivity contribution in [3.63, 3.8) is 0 Å². The summed E-state index contributed by atoms with van der Waals surface area (Å²) in [5.74, 6) is 0.00974. The largest absolute Gasteiger partial charge is 0.612 e. The Hall–Kier alpha value is -2.41. The molecule has 3 fully saturated rings. The van der Waals surface area contributed by atoms with Crippen molar-refractivity contribution in [2.45, 2.75) is 52.5 Å². The third-order valence-corrected chi connectivity index (χ3v) is 12.1. The molecule has 3 aromatic rings. The summed E-state index contributed by atoms with van der Waals surface area (Å²) in [6.45, 7) is 8.35. The number of hydrogen-bond donors (Lipinski definition) is 1. The number of piperidine rings is 2. The molecule has 42 heavy (non-hydrogen) atoms. The van der Waals surface area contributed by atoms with E-state index in [9.17, 15) is 18.1 Å². The zero-order chi connectivity index (χ0) is 29.4. The number of rotatable bonds is 6. The monoisotopic (exact) mass is 611 g/mol. The van der Waals surface area contributed by atoms with Crippen LogP contribution in [0.15, 0.2) is 63.3 Å². The molecule has 1 aromatic heterocycles. The number of hydrogen-bond acceptors (Lipinski definition) is 9. The lowest BCUT2D eigenvalue weighted by Gasteiger charge is -2.46. The van der Waals surface area contributed by atoms with Crippen LogP contribution in [-0.2, 0) is 21.0 Å². The summed E-state index contributed by atoms with van der Waals surface area (Å²) in [4.78, 5) is 15.3. The standard InChI is InChI=1S/C31H41N5O4S2/c1-33-17-19-35(20-18-33)24-9-13-34(14-10-24)23-11-15-36(16-12-23)31-28-21-26(41(2)38)5-8-29(28)32-22-30(31)42(39,40)27-6-3-25(37)4-7-27/h3-8,21-24,37H,9-20H2,1-2H3. The molecule has 3 aliphatic rings. The predicted octanol–water partition coefficient (Wildman–Crippen LogP) is 3.19. The van der Waals surface area contributed by atoms with Gasteiger partial charge in [-0.2, -0.15) is 0 Å². The number of phenolic OH excluding ortho intramolecular Hbond substituents is 1. The number of likely N-dealkylation sites (N-methyl/N-ethyl adjacent to an activating group) is 1. The van der Waals surface area contributed by atoms with Crippen LogP contribution in [0.2, 0.25) is 0 Å². The van der Waals surface area contributed by atoms with Gasteiger partial charge in [-0.3, -0.25) is 9.88 Å². The number of fused-ring (bicyclic) bond motifs is 1. The molecule has 1 atom stereocenters. The Balaban J connectivity index is 1.23. The predicted molar refractivity (Wildman–Crippen MR) is 167 cm³/mol. The van der Waals surface area contributed by atoms with Gasteiger partial charge >= 0.3 is 0 Å². The van der Waals surface area contributed by atoms with Gasteiger partial charge in [0, 0.05) is 69.0 Å². The molecule has 0 amide bonds. The van der Waals surface area contributed by atoms with E-state index in [0.29, 0.717) is 33.6 Å². The van der Waals surface area contributed by atoms with E-state index in [-0.39, 0.29) is 15.5 Å². The lowest BCUT2D eigenvalue weighted by atomic mass is 9.96. The van der Waals surface area contributed by atoms with Crippen LogP contribution >= 0.6 is 0 Å². The van der Waals surface area contributed by atoms with Gasteiger partial charge in [0.1, 0.15) is 16.9 Å². The molecule has 6 rings (SSSR count). The van der Waals surface area contributed by atoms with E-state index >= 15 is 0 Å². The number of nitrogens with zero attached hydrogens (tertiary/aromatic N) is 5. The second-order valence-corrected chi connectivity index (χ2v) is 15.2. The molecule has 3 saturated heterocycles. The molecular formula is C31H41N5O4S2. The lowest BCUT2D eigenvalue weighted by Crippen LogP contribution is -2.54. The molecular weight excluding hydrogens is 571 g/mol. The number of anilines is 1. The number of aromatic hydroxyl groups is 1. The Bertz CT molecular complexity index is 1490. The van der Waals surface area contributed by atoms with Gasteiger partial charge in [-0.15, -0.1) is 0 Å². The van der Waals surface area contributed by atoms with Crippen LogP contribution < -0.4 is 4.90 Å². The molecule has 9 nitrogen and oxygen atoms in total. The minimum absolute atomic E-state index is 0.00974. The van der Waals surface area contributed by atoms with Crippen LogP contribution in [0.4, 0.5) is 5.69 Å². The van der Waals surface area contributed by atoms with E-state index in [1.165, 1.54) is 56.4 Å². The Morgan fingerprint density at radius 2 is 1.45 bits per heavy atom. The van der Waals surface area contributed by atoms with Crippen LogP contribution in [0.5, 0.6) is 5.75 Å². The first-order valence-corrected chi connectivity index (χ1v) is 18.0. The average molecular weight is 612 g/mol. The maximum absolute atomic E-state index is 13.9. The van der Waals surface area contributed by atoms with Gasteiger partial charge in [0.25, 0.3) is 0 Å². The zero-order valence-corrected chi connectivity index (χ0v) is 26.1. The van der Waals surface area contributed by atoms with E-state index in [4.69, 9.17) is 0 Å². The maximum atomic E-state index is 13.9. The van der Waals surface area contributed by atoms with Gasteiger partial charge in [0.05, 0.1) is 16.1 Å². The third kappa shape index (κ3) is 6.00. The topological polar surface area (TPSA) is 103 Å². The van der Waals surface area contributed by atoms with Crippen molar-refractivity contribution in [1.29, 1.82) is 0 Å². The minimum Gasteiger partial charge on any atom is -0.612 e. The van der Waals surface area contributed by atoms with Crippen molar-refractivity contribution in [3.05, 3.63) is 48.7 Å². The van der Waals surface area contributed by atoms with Gasteiger partial charge < -0.3 is 24.4 Å². The summed E-state index contributed by atoms with van der Waals surface area (Å²) in [5.41, 5.74) is 1.31. The molecule has 0 radical (unpaired) electrons. The fourth-order valence-corrected chi connectivity index (χ4v) is 8.83. The van der Waals surface area contributed by atoms with Gasteiger partial charge in [-0.1, -0.05) is 0 Å². The number of benzene rings is 2.